The lowest BCUT2D eigenvalue weighted by Gasteiger charge is -2.32. The van der Waals surface area contributed by atoms with Gasteiger partial charge in [-0.3, -0.25) is 58.1 Å². The Kier molecular flexibility index (Phi) is 29.1. The number of nitrogens with one attached hydrogen (secondary N) is 8. The number of amides is 9. The van der Waals surface area contributed by atoms with Gasteiger partial charge in [0, 0.05) is 89.1 Å². The number of likely N-dealkylation sites (N-methyl/N-ethyl adjacent to an activating group) is 1. The van der Waals surface area contributed by atoms with Crippen LogP contribution in [0.2, 0.25) is 5.02 Å². The number of aromatic hydroxyl groups is 1. The molecule has 0 aliphatic carbocycles. The molecular weight excluding hydrogens is 1220 g/mol. The van der Waals surface area contributed by atoms with Crippen LogP contribution in [0.25, 0.3) is 10.8 Å². The molecule has 0 saturated heterocycles. The summed E-state index contributed by atoms with van der Waals surface area (Å²) in [4.78, 5) is 141. The summed E-state index contributed by atoms with van der Waals surface area (Å²) in [6.45, 7) is 4.81. The molecule has 0 aliphatic rings. The number of phenols is 1. The van der Waals surface area contributed by atoms with Crippen LogP contribution in [0.1, 0.15) is 91.9 Å². The van der Waals surface area contributed by atoms with E-state index in [4.69, 9.17) is 23.1 Å². The highest BCUT2D eigenvalue weighted by Gasteiger charge is 2.37. The zero-order chi connectivity index (χ0) is 68.1. The lowest BCUT2D eigenvalue weighted by molar-refractivity contribution is -0.144. The Morgan fingerprint density at radius 3 is 1.71 bits per heavy atom. The summed E-state index contributed by atoms with van der Waals surface area (Å²) in [6.07, 6.45) is 7.38. The topological polar surface area (TPSA) is 384 Å². The average Bonchev–Trinajstić information content (AvgIpc) is 1.85. The van der Waals surface area contributed by atoms with E-state index in [9.17, 15) is 48.6 Å². The van der Waals surface area contributed by atoms with Gasteiger partial charge in [0.05, 0.1) is 12.2 Å². The zero-order valence-corrected chi connectivity index (χ0v) is 53.9. The Labute approximate surface area is 551 Å². The van der Waals surface area contributed by atoms with Gasteiger partial charge in [0.15, 0.2) is 5.96 Å². The van der Waals surface area contributed by atoms with Gasteiger partial charge in [-0.25, -0.2) is 0 Å². The van der Waals surface area contributed by atoms with Crippen LogP contribution in [0.3, 0.4) is 0 Å². The first-order valence-electron chi connectivity index (χ1n) is 31.1. The number of halogens is 1. The van der Waals surface area contributed by atoms with E-state index in [1.54, 1.807) is 48.5 Å². The molecule has 0 saturated carbocycles. The third-order valence-corrected chi connectivity index (χ3v) is 15.5. The largest absolute Gasteiger partial charge is 0.508 e. The Balaban J connectivity index is 1.25. The van der Waals surface area contributed by atoms with Crippen molar-refractivity contribution in [2.24, 2.45) is 22.4 Å². The summed E-state index contributed by atoms with van der Waals surface area (Å²) < 4.78 is 0. The van der Waals surface area contributed by atoms with Gasteiger partial charge in [0.25, 0.3) is 5.91 Å². The van der Waals surface area contributed by atoms with Crippen molar-refractivity contribution in [1.29, 1.82) is 0 Å². The first kappa shape index (κ1) is 73.0. The fourth-order valence-corrected chi connectivity index (χ4v) is 10.4. The van der Waals surface area contributed by atoms with Crippen LogP contribution in [0, 0.1) is 5.92 Å². The molecule has 94 heavy (non-hydrogen) atoms. The predicted octanol–water partition coefficient (Wildman–Crippen LogP) is 2.82. The zero-order valence-electron chi connectivity index (χ0n) is 53.2. The van der Waals surface area contributed by atoms with Gasteiger partial charge in [-0.05, 0) is 120 Å². The number of unbranched alkanes of at least 4 members (excludes halogenated alkanes) is 2. The number of carbonyl (C=O) groups excluding carboxylic acids is 9. The third-order valence-electron chi connectivity index (χ3n) is 15.3. The normalized spacial score (nSPS) is 13.3. The van der Waals surface area contributed by atoms with Crippen LogP contribution in [0.15, 0.2) is 145 Å². The van der Waals surface area contributed by atoms with Crippen molar-refractivity contribution in [1.82, 2.24) is 57.4 Å². The maximum atomic E-state index is 15.0. The SMILES string of the molecule is CC(=O)NC(Cc1ccc2ccccc2c1)C(=O)NC(Cc1ccc(Cl)cc1)C(=O)NC(Cc1cccnc1)C(=O)NC(CO)C(=O)N(C)C(Cc1ccc(O)cc1)C(=O)NC(CCCCNC(=O)c1cccnc1)C(=O)NC(CC(C)C)C(=O)NCCCCN=C(N)N. The molecule has 0 aliphatic heterocycles. The molecule has 0 fully saturated rings. The lowest BCUT2D eigenvalue weighted by atomic mass is 9.99. The minimum atomic E-state index is -1.76. The number of guanidine groups is 1. The summed E-state index contributed by atoms with van der Waals surface area (Å²) in [5.74, 6) is -6.59. The number of nitrogens with zero attached hydrogens (tertiary/aromatic N) is 4. The first-order valence-corrected chi connectivity index (χ1v) is 31.5. The summed E-state index contributed by atoms with van der Waals surface area (Å²) in [6, 6.07) is 22.5. The fraction of sp³-hybridized carbons (Fsp3) is 0.382. The molecule has 2 aromatic heterocycles. The number of benzene rings is 4. The highest BCUT2D eigenvalue weighted by Crippen LogP contribution is 2.20. The molecule has 0 spiro atoms. The molecule has 500 valence electrons. The lowest BCUT2D eigenvalue weighted by Crippen LogP contribution is -2.61. The highest BCUT2D eigenvalue weighted by molar-refractivity contribution is 6.30. The maximum absolute atomic E-state index is 15.0. The number of aliphatic hydroxyl groups is 1. The molecule has 14 N–H and O–H groups in total. The van der Waals surface area contributed by atoms with Crippen LogP contribution in [0.4, 0.5) is 0 Å². The standard InChI is InChI=1S/C68H85ClN14O11/c1-42(2)33-54(61(88)75-31-9-10-32-76-68(70)71)79-62(89)53(17-7-8-30-74-60(87)50-16-12-29-73-40-50)78-66(93)59(38-45-21-26-52(86)27-22-45)83(4)67(94)58(41-84)82-65(92)57(37-47-13-11-28-72-39-47)81-64(91)56(35-44-19-24-51(69)25-20-44)80-63(90)55(77-43(3)85)36-46-18-23-48-14-5-6-15-49(48)34-46/h5-6,11-16,18-29,34,39-40,42,53-59,84,86H,7-10,17,30-33,35-38,41H2,1-4H3,(H,74,87)(H,75,88)(H,77,85)(H,78,93)(H,79,89)(H,80,90)(H,81,91)(H,82,92)(H4,70,71,76). The maximum Gasteiger partial charge on any atom is 0.252 e. The number of aliphatic imine (C=N–C) groups is 1. The Morgan fingerprint density at radius 1 is 0.553 bits per heavy atom. The molecule has 26 heteroatoms. The molecule has 7 unspecified atom stereocenters. The highest BCUT2D eigenvalue weighted by atomic mass is 35.5. The van der Waals surface area contributed by atoms with Crippen molar-refractivity contribution < 1.29 is 53.4 Å². The van der Waals surface area contributed by atoms with E-state index < -0.39 is 96.2 Å². The number of aromatic nitrogens is 2. The van der Waals surface area contributed by atoms with E-state index >= 15 is 4.79 Å². The average molecular weight is 1310 g/mol. The number of carbonyl (C=O) groups is 9. The predicted molar refractivity (Wildman–Crippen MR) is 356 cm³/mol. The van der Waals surface area contributed by atoms with E-state index in [0.717, 1.165) is 21.2 Å². The summed E-state index contributed by atoms with van der Waals surface area (Å²) in [5, 5.41) is 45.6. The molecular formula is C68H85ClN14O11. The molecule has 0 bridgehead atoms. The molecule has 6 aromatic rings. The quantitative estimate of drug-likeness (QED) is 0.0153. The number of nitrogens with two attached hydrogens (primary N) is 2. The van der Waals surface area contributed by atoms with Gasteiger partial charge in [0.1, 0.15) is 48.0 Å². The van der Waals surface area contributed by atoms with Crippen molar-refractivity contribution in [3.63, 3.8) is 0 Å². The van der Waals surface area contributed by atoms with Crippen molar-refractivity contribution in [2.75, 3.05) is 33.3 Å². The van der Waals surface area contributed by atoms with Crippen molar-refractivity contribution in [3.05, 3.63) is 173 Å². The van der Waals surface area contributed by atoms with Gasteiger partial charge in [0.2, 0.25) is 47.3 Å². The van der Waals surface area contributed by atoms with E-state index in [2.05, 4.69) is 57.5 Å². The van der Waals surface area contributed by atoms with E-state index in [-0.39, 0.29) is 81.6 Å². The van der Waals surface area contributed by atoms with Gasteiger partial charge >= 0.3 is 0 Å². The van der Waals surface area contributed by atoms with Crippen molar-refractivity contribution in [3.8, 4) is 5.75 Å². The monoisotopic (exact) mass is 1310 g/mol. The number of hydrogen-bond acceptors (Lipinski definition) is 14. The smallest absolute Gasteiger partial charge is 0.252 e. The number of hydrogen-bond donors (Lipinski definition) is 12. The molecule has 9 amide bonds. The molecule has 0 radical (unpaired) electrons. The van der Waals surface area contributed by atoms with E-state index in [0.29, 0.717) is 53.1 Å². The van der Waals surface area contributed by atoms with Crippen LogP contribution in [-0.4, -0.2) is 160 Å². The van der Waals surface area contributed by atoms with E-state index in [1.165, 1.54) is 63.0 Å². The molecule has 2 heterocycles. The minimum Gasteiger partial charge on any atom is -0.508 e. The molecule has 6 rings (SSSR count). The Morgan fingerprint density at radius 2 is 1.10 bits per heavy atom. The van der Waals surface area contributed by atoms with E-state index in [1.807, 2.05) is 56.3 Å². The second-order valence-electron chi connectivity index (χ2n) is 23.3. The number of rotatable bonds is 36. The Bertz CT molecular complexity index is 3530. The summed E-state index contributed by atoms with van der Waals surface area (Å²) >= 11 is 6.23. The van der Waals surface area contributed by atoms with Gasteiger partial charge in [-0.1, -0.05) is 98.2 Å². The van der Waals surface area contributed by atoms with Gasteiger partial charge in [-0.15, -0.1) is 0 Å². The minimum absolute atomic E-state index is 0.00442. The Hall–Kier alpha value is -10.0. The second kappa shape index (κ2) is 37.5. The molecule has 25 nitrogen and oxygen atoms in total. The number of aliphatic hydroxyl groups excluding tert-OH is 1. The number of phenolic OH excluding ortho intramolecular Hbond substituents is 1. The summed E-state index contributed by atoms with van der Waals surface area (Å²) in [5.41, 5.74) is 13.4. The summed E-state index contributed by atoms with van der Waals surface area (Å²) in [7, 11) is 1.27. The number of fused-ring (bicyclic) bond motifs is 1. The van der Waals surface area contributed by atoms with Gasteiger partial charge < -0.3 is 69.1 Å². The molecule has 4 aromatic carbocycles. The van der Waals surface area contributed by atoms with Crippen LogP contribution >= 0.6 is 11.6 Å². The first-order chi connectivity index (χ1) is 45.1. The van der Waals surface area contributed by atoms with Crippen molar-refractivity contribution >= 4 is 81.5 Å². The van der Waals surface area contributed by atoms with Crippen LogP contribution in [0.5, 0.6) is 5.75 Å². The van der Waals surface area contributed by atoms with Crippen LogP contribution in [-0.2, 0) is 64.0 Å². The fourth-order valence-electron chi connectivity index (χ4n) is 10.3. The second-order valence-corrected chi connectivity index (χ2v) is 23.7. The molecule has 7 atom stereocenters. The third kappa shape index (κ3) is 24.2. The number of pyridine rings is 2. The van der Waals surface area contributed by atoms with Crippen molar-refractivity contribution in [2.45, 2.75) is 127 Å². The van der Waals surface area contributed by atoms with Crippen LogP contribution < -0.4 is 54.0 Å². The van der Waals surface area contributed by atoms with Gasteiger partial charge in [-0.2, -0.15) is 0 Å².